The second-order valence-electron chi connectivity index (χ2n) is 7.07. The summed E-state index contributed by atoms with van der Waals surface area (Å²) >= 11 is 0. The van der Waals surface area contributed by atoms with Gasteiger partial charge in [-0.3, -0.25) is 14.5 Å². The van der Waals surface area contributed by atoms with E-state index >= 15 is 0 Å². The molecule has 2 aromatic heterocycles. The van der Waals surface area contributed by atoms with Gasteiger partial charge in [-0.2, -0.15) is 5.10 Å². The molecular weight excluding hydrogens is 355 g/mol. The van der Waals surface area contributed by atoms with Gasteiger partial charge in [0.25, 0.3) is 0 Å². The summed E-state index contributed by atoms with van der Waals surface area (Å²) in [6.45, 7) is 1.14. The van der Waals surface area contributed by atoms with Crippen LogP contribution in [0.15, 0.2) is 48.7 Å². The molecule has 0 saturated heterocycles. The fourth-order valence-corrected chi connectivity index (χ4v) is 3.72. The van der Waals surface area contributed by atoms with Crippen molar-refractivity contribution in [2.75, 3.05) is 6.54 Å². The van der Waals surface area contributed by atoms with Gasteiger partial charge >= 0.3 is 0 Å². The smallest absolute Gasteiger partial charge is 0.224 e. The Kier molecular flexibility index (Phi) is 5.46. The molecule has 0 aliphatic heterocycles. The van der Waals surface area contributed by atoms with E-state index in [-0.39, 0.29) is 18.1 Å². The molecule has 4 rings (SSSR count). The van der Waals surface area contributed by atoms with Crippen LogP contribution in [0.5, 0.6) is 0 Å². The quantitative estimate of drug-likeness (QED) is 0.716. The molecule has 0 fully saturated rings. The van der Waals surface area contributed by atoms with Crippen LogP contribution >= 0.6 is 0 Å². The maximum absolute atomic E-state index is 13.0. The molecule has 1 aliphatic rings. The van der Waals surface area contributed by atoms with E-state index in [1.807, 2.05) is 22.9 Å². The summed E-state index contributed by atoms with van der Waals surface area (Å²) in [6.07, 6.45) is 6.41. The Labute approximate surface area is 163 Å². The molecule has 28 heavy (non-hydrogen) atoms. The third kappa shape index (κ3) is 4.11. The molecule has 0 spiro atoms. The van der Waals surface area contributed by atoms with Crippen LogP contribution in [0, 0.1) is 5.82 Å². The lowest BCUT2D eigenvalue weighted by atomic mass is 9.95. The third-order valence-electron chi connectivity index (χ3n) is 5.09. The second-order valence-corrected chi connectivity index (χ2v) is 7.07. The SMILES string of the molecule is O=C(Cc1ccc(F)cc1)NCCn1nc(-c2ccccn2)c2c1CCCC2. The fraction of sp³-hybridized carbons (Fsp3) is 0.318. The number of carbonyl (C=O) groups is 1. The molecular formula is C22H23FN4O. The van der Waals surface area contributed by atoms with E-state index in [2.05, 4.69) is 10.3 Å². The van der Waals surface area contributed by atoms with Crippen LogP contribution < -0.4 is 5.32 Å². The molecule has 0 atom stereocenters. The van der Waals surface area contributed by atoms with Gasteiger partial charge in [0, 0.05) is 24.0 Å². The van der Waals surface area contributed by atoms with Crippen LogP contribution in [0.3, 0.4) is 0 Å². The number of rotatable bonds is 6. The first-order valence-electron chi connectivity index (χ1n) is 9.72. The molecule has 144 valence electrons. The van der Waals surface area contributed by atoms with Crippen molar-refractivity contribution in [2.24, 2.45) is 0 Å². The van der Waals surface area contributed by atoms with Crippen molar-refractivity contribution in [3.05, 3.63) is 71.3 Å². The number of carbonyl (C=O) groups excluding carboxylic acids is 1. The van der Waals surface area contributed by atoms with Gasteiger partial charge in [0.05, 0.1) is 18.7 Å². The highest BCUT2D eigenvalue weighted by Gasteiger charge is 2.22. The van der Waals surface area contributed by atoms with Gasteiger partial charge in [0.1, 0.15) is 11.5 Å². The van der Waals surface area contributed by atoms with E-state index in [1.165, 1.54) is 29.8 Å². The highest BCUT2D eigenvalue weighted by atomic mass is 19.1. The number of nitrogens with one attached hydrogen (secondary N) is 1. The van der Waals surface area contributed by atoms with Crippen molar-refractivity contribution < 1.29 is 9.18 Å². The van der Waals surface area contributed by atoms with E-state index in [4.69, 9.17) is 5.10 Å². The van der Waals surface area contributed by atoms with Crippen molar-refractivity contribution in [1.82, 2.24) is 20.1 Å². The number of amides is 1. The number of pyridine rings is 1. The zero-order chi connectivity index (χ0) is 19.3. The van der Waals surface area contributed by atoms with Gasteiger partial charge in [-0.25, -0.2) is 4.39 Å². The van der Waals surface area contributed by atoms with Gasteiger partial charge in [-0.15, -0.1) is 0 Å². The second kappa shape index (κ2) is 8.33. The molecule has 1 N–H and O–H groups in total. The van der Waals surface area contributed by atoms with Crippen LogP contribution in [0.2, 0.25) is 0 Å². The normalized spacial score (nSPS) is 13.2. The molecule has 1 aromatic carbocycles. The number of hydrogen-bond donors (Lipinski definition) is 1. The van der Waals surface area contributed by atoms with Gasteiger partial charge in [-0.1, -0.05) is 18.2 Å². The van der Waals surface area contributed by atoms with Crippen LogP contribution in [0.4, 0.5) is 4.39 Å². The predicted molar refractivity (Wildman–Crippen MR) is 105 cm³/mol. The number of nitrogens with zero attached hydrogens (tertiary/aromatic N) is 3. The van der Waals surface area contributed by atoms with Crippen molar-refractivity contribution in [3.8, 4) is 11.4 Å². The van der Waals surface area contributed by atoms with E-state index in [9.17, 15) is 9.18 Å². The number of hydrogen-bond acceptors (Lipinski definition) is 3. The van der Waals surface area contributed by atoms with Gasteiger partial charge in [-0.05, 0) is 55.5 Å². The molecule has 3 aromatic rings. The molecule has 1 aliphatic carbocycles. The molecule has 2 heterocycles. The zero-order valence-electron chi connectivity index (χ0n) is 15.7. The largest absolute Gasteiger partial charge is 0.354 e. The van der Waals surface area contributed by atoms with Crippen LogP contribution in [-0.2, 0) is 30.6 Å². The van der Waals surface area contributed by atoms with E-state index < -0.39 is 0 Å². The average Bonchev–Trinajstić information content (AvgIpc) is 3.09. The monoisotopic (exact) mass is 378 g/mol. The highest BCUT2D eigenvalue weighted by Crippen LogP contribution is 2.30. The van der Waals surface area contributed by atoms with E-state index in [0.29, 0.717) is 13.1 Å². The lowest BCUT2D eigenvalue weighted by Crippen LogP contribution is -2.29. The first kappa shape index (κ1) is 18.3. The molecule has 0 unspecified atom stereocenters. The number of halogens is 1. The van der Waals surface area contributed by atoms with Crippen LogP contribution in [-0.4, -0.2) is 27.2 Å². The van der Waals surface area contributed by atoms with Crippen molar-refractivity contribution in [2.45, 2.75) is 38.6 Å². The summed E-state index contributed by atoms with van der Waals surface area (Å²) in [7, 11) is 0. The maximum Gasteiger partial charge on any atom is 0.224 e. The Bertz CT molecular complexity index is 951. The summed E-state index contributed by atoms with van der Waals surface area (Å²) in [6, 6.07) is 11.9. The summed E-state index contributed by atoms with van der Waals surface area (Å²) in [4.78, 5) is 16.6. The average molecular weight is 378 g/mol. The minimum atomic E-state index is -0.295. The van der Waals surface area contributed by atoms with Gasteiger partial charge in [0.2, 0.25) is 5.91 Å². The summed E-state index contributed by atoms with van der Waals surface area (Å²) < 4.78 is 15.0. The number of aromatic nitrogens is 3. The van der Waals surface area contributed by atoms with Crippen LogP contribution in [0.25, 0.3) is 11.4 Å². The van der Waals surface area contributed by atoms with Crippen molar-refractivity contribution >= 4 is 5.91 Å². The Morgan fingerprint density at radius 1 is 1.11 bits per heavy atom. The Morgan fingerprint density at radius 3 is 2.71 bits per heavy atom. The standard InChI is InChI=1S/C22H23FN4O/c23-17-10-8-16(9-11-17)15-21(28)25-13-14-27-20-7-2-1-5-18(20)22(26-27)19-6-3-4-12-24-19/h3-4,6,8-12H,1-2,5,7,13-15H2,(H,25,28). The molecule has 1 amide bonds. The minimum absolute atomic E-state index is 0.0717. The van der Waals surface area contributed by atoms with Crippen LogP contribution in [0.1, 0.15) is 29.7 Å². The fourth-order valence-electron chi connectivity index (χ4n) is 3.72. The van der Waals surface area contributed by atoms with Gasteiger partial charge < -0.3 is 5.32 Å². The Balaban J connectivity index is 1.41. The van der Waals surface area contributed by atoms with E-state index in [1.54, 1.807) is 18.3 Å². The van der Waals surface area contributed by atoms with Crippen molar-refractivity contribution in [3.63, 3.8) is 0 Å². The van der Waals surface area contributed by atoms with Crippen molar-refractivity contribution in [1.29, 1.82) is 0 Å². The number of benzene rings is 1. The minimum Gasteiger partial charge on any atom is -0.354 e. The topological polar surface area (TPSA) is 59.8 Å². The molecule has 6 heteroatoms. The molecule has 5 nitrogen and oxygen atoms in total. The lowest BCUT2D eigenvalue weighted by molar-refractivity contribution is -0.120. The molecule has 0 bridgehead atoms. The Morgan fingerprint density at radius 2 is 1.93 bits per heavy atom. The Hall–Kier alpha value is -3.02. The first-order valence-corrected chi connectivity index (χ1v) is 9.72. The maximum atomic E-state index is 13.0. The summed E-state index contributed by atoms with van der Waals surface area (Å²) in [5, 5.41) is 7.75. The zero-order valence-corrected chi connectivity index (χ0v) is 15.7. The lowest BCUT2D eigenvalue weighted by Gasteiger charge is -2.14. The first-order chi connectivity index (χ1) is 13.7. The number of fused-ring (bicyclic) bond motifs is 1. The van der Waals surface area contributed by atoms with Gasteiger partial charge in [0.15, 0.2) is 0 Å². The molecule has 0 saturated carbocycles. The molecule has 0 radical (unpaired) electrons. The summed E-state index contributed by atoms with van der Waals surface area (Å²) in [5.41, 5.74) is 5.22. The third-order valence-corrected chi connectivity index (χ3v) is 5.09. The van der Waals surface area contributed by atoms with E-state index in [0.717, 1.165) is 36.2 Å². The predicted octanol–water partition coefficient (Wildman–Crippen LogP) is 3.32. The highest BCUT2D eigenvalue weighted by molar-refractivity contribution is 5.78. The summed E-state index contributed by atoms with van der Waals surface area (Å²) in [5.74, 6) is -0.367.